The van der Waals surface area contributed by atoms with Gasteiger partial charge in [-0.15, -0.1) is 0 Å². The summed E-state index contributed by atoms with van der Waals surface area (Å²) in [7, 11) is 0. The van der Waals surface area contributed by atoms with Gasteiger partial charge in [-0.3, -0.25) is 9.59 Å². The van der Waals surface area contributed by atoms with E-state index in [0.29, 0.717) is 24.6 Å². The van der Waals surface area contributed by atoms with E-state index >= 15 is 0 Å². The van der Waals surface area contributed by atoms with Crippen LogP contribution in [0.1, 0.15) is 12.5 Å². The molecule has 3 rings (SSSR count). The molecule has 136 valence electrons. The average molecular weight is 354 g/mol. The lowest BCUT2D eigenvalue weighted by Crippen LogP contribution is -2.50. The van der Waals surface area contributed by atoms with E-state index in [0.717, 1.165) is 11.3 Å². The van der Waals surface area contributed by atoms with Crippen LogP contribution in [0.5, 0.6) is 11.5 Å². The molecule has 0 aliphatic carbocycles. The molecule has 0 radical (unpaired) electrons. The summed E-state index contributed by atoms with van der Waals surface area (Å²) in [5, 5.41) is 2.80. The number of ether oxygens (including phenoxy) is 2. The maximum Gasteiger partial charge on any atom is 0.263 e. The van der Waals surface area contributed by atoms with Gasteiger partial charge in [0.15, 0.2) is 6.10 Å². The van der Waals surface area contributed by atoms with Crippen molar-refractivity contribution < 1.29 is 19.1 Å². The van der Waals surface area contributed by atoms with Crippen molar-refractivity contribution in [2.75, 3.05) is 24.6 Å². The summed E-state index contributed by atoms with van der Waals surface area (Å²) < 4.78 is 11.4. The van der Waals surface area contributed by atoms with Crippen LogP contribution in [0.15, 0.2) is 48.5 Å². The second kappa shape index (κ2) is 7.91. The predicted molar refractivity (Wildman–Crippen MR) is 98.6 cm³/mol. The molecule has 0 fully saturated rings. The van der Waals surface area contributed by atoms with E-state index in [1.54, 1.807) is 17.0 Å². The largest absolute Gasteiger partial charge is 0.492 e. The van der Waals surface area contributed by atoms with Gasteiger partial charge >= 0.3 is 0 Å². The summed E-state index contributed by atoms with van der Waals surface area (Å²) in [6, 6.07) is 14.9. The summed E-state index contributed by atoms with van der Waals surface area (Å²) in [4.78, 5) is 25.9. The number of hydrogen-bond acceptors (Lipinski definition) is 4. The number of rotatable bonds is 5. The summed E-state index contributed by atoms with van der Waals surface area (Å²) in [6.07, 6.45) is -0.743. The first-order valence-electron chi connectivity index (χ1n) is 8.55. The molecule has 2 amide bonds. The fourth-order valence-corrected chi connectivity index (χ4v) is 2.83. The zero-order valence-corrected chi connectivity index (χ0v) is 14.9. The first kappa shape index (κ1) is 17.8. The van der Waals surface area contributed by atoms with Crippen molar-refractivity contribution in [3.63, 3.8) is 0 Å². The van der Waals surface area contributed by atoms with Crippen molar-refractivity contribution in [2.24, 2.45) is 0 Å². The Kier molecular flexibility index (Phi) is 5.41. The fraction of sp³-hybridized carbons (Fsp3) is 0.300. The second-order valence-electron chi connectivity index (χ2n) is 6.16. The zero-order valence-electron chi connectivity index (χ0n) is 14.9. The number of aryl methyl sites for hydroxylation is 1. The number of amides is 2. The van der Waals surface area contributed by atoms with Gasteiger partial charge in [0.05, 0.1) is 18.8 Å². The molecule has 2 aromatic carbocycles. The molecule has 0 spiro atoms. The minimum absolute atomic E-state index is 0.124. The molecule has 1 aliphatic rings. The number of anilines is 1. The summed E-state index contributed by atoms with van der Waals surface area (Å²) in [5.74, 6) is 0.912. The third kappa shape index (κ3) is 4.14. The number of nitrogens with zero attached hydrogens (tertiary/aromatic N) is 1. The highest BCUT2D eigenvalue weighted by molar-refractivity contribution is 5.95. The predicted octanol–water partition coefficient (Wildman–Crippen LogP) is 2.30. The molecule has 0 saturated heterocycles. The van der Waals surface area contributed by atoms with Gasteiger partial charge in [0.1, 0.15) is 18.1 Å². The fourth-order valence-electron chi connectivity index (χ4n) is 2.83. The lowest BCUT2D eigenvalue weighted by atomic mass is 10.1. The minimum atomic E-state index is -0.743. The number of carbonyl (C=O) groups excluding carboxylic acids is 2. The number of benzene rings is 2. The van der Waals surface area contributed by atoms with Crippen LogP contribution in [-0.4, -0.2) is 37.6 Å². The highest BCUT2D eigenvalue weighted by Crippen LogP contribution is 2.33. The summed E-state index contributed by atoms with van der Waals surface area (Å²) in [5.41, 5.74) is 1.80. The second-order valence-corrected chi connectivity index (χ2v) is 6.16. The monoisotopic (exact) mass is 354 g/mol. The minimum Gasteiger partial charge on any atom is -0.492 e. The summed E-state index contributed by atoms with van der Waals surface area (Å²) >= 11 is 0. The van der Waals surface area contributed by atoms with Crippen molar-refractivity contribution in [1.29, 1.82) is 0 Å². The molecular weight excluding hydrogens is 332 g/mol. The number of fused-ring (bicyclic) bond motifs is 1. The van der Waals surface area contributed by atoms with Crippen LogP contribution in [0.3, 0.4) is 0 Å². The lowest BCUT2D eigenvalue weighted by Gasteiger charge is -2.33. The van der Waals surface area contributed by atoms with Gasteiger partial charge in [0.25, 0.3) is 5.91 Å². The van der Waals surface area contributed by atoms with Crippen LogP contribution >= 0.6 is 0 Å². The van der Waals surface area contributed by atoms with Gasteiger partial charge in [-0.2, -0.15) is 0 Å². The first-order chi connectivity index (χ1) is 12.5. The molecule has 0 saturated carbocycles. The van der Waals surface area contributed by atoms with Gasteiger partial charge < -0.3 is 19.7 Å². The van der Waals surface area contributed by atoms with Crippen molar-refractivity contribution in [3.05, 3.63) is 54.1 Å². The Morgan fingerprint density at radius 1 is 1.23 bits per heavy atom. The summed E-state index contributed by atoms with van der Waals surface area (Å²) in [6.45, 7) is 4.38. The van der Waals surface area contributed by atoms with Crippen LogP contribution < -0.4 is 19.7 Å². The molecule has 1 aliphatic heterocycles. The molecule has 6 heteroatoms. The van der Waals surface area contributed by atoms with Crippen LogP contribution in [0.25, 0.3) is 0 Å². The standard InChI is InChI=1S/C20H22N2O4/c1-14-6-5-7-16(12-14)25-11-10-21-20(24)19-13-22(15(2)23)17-8-3-4-9-18(17)26-19/h3-9,12,19H,10-11,13H2,1-2H3,(H,21,24)/t19-/m1/s1. The van der Waals surface area contributed by atoms with Crippen molar-refractivity contribution >= 4 is 17.5 Å². The highest BCUT2D eigenvalue weighted by atomic mass is 16.5. The SMILES string of the molecule is CC(=O)N1C[C@H](C(=O)NCCOc2cccc(C)c2)Oc2ccccc21. The Morgan fingerprint density at radius 2 is 2.04 bits per heavy atom. The van der Waals surface area contributed by atoms with Crippen LogP contribution in [0, 0.1) is 6.92 Å². The lowest BCUT2D eigenvalue weighted by molar-refractivity contribution is -0.128. The van der Waals surface area contributed by atoms with Crippen LogP contribution in [0.4, 0.5) is 5.69 Å². The molecule has 0 unspecified atom stereocenters. The maximum atomic E-state index is 12.4. The van der Waals surface area contributed by atoms with E-state index in [4.69, 9.17) is 9.47 Å². The molecule has 1 heterocycles. The van der Waals surface area contributed by atoms with Gasteiger partial charge in [-0.05, 0) is 36.8 Å². The molecule has 0 bridgehead atoms. The van der Waals surface area contributed by atoms with E-state index in [-0.39, 0.29) is 18.4 Å². The topological polar surface area (TPSA) is 67.9 Å². The molecular formula is C20H22N2O4. The van der Waals surface area contributed by atoms with E-state index in [9.17, 15) is 9.59 Å². The number of hydrogen-bond donors (Lipinski definition) is 1. The first-order valence-corrected chi connectivity index (χ1v) is 8.55. The molecule has 2 aromatic rings. The quantitative estimate of drug-likeness (QED) is 0.837. The highest BCUT2D eigenvalue weighted by Gasteiger charge is 2.32. The van der Waals surface area contributed by atoms with Gasteiger partial charge in [0.2, 0.25) is 5.91 Å². The van der Waals surface area contributed by atoms with Gasteiger partial charge in [-0.1, -0.05) is 24.3 Å². The number of carbonyl (C=O) groups is 2. The Hall–Kier alpha value is -3.02. The Bertz CT molecular complexity index is 806. The number of nitrogens with one attached hydrogen (secondary N) is 1. The van der Waals surface area contributed by atoms with Gasteiger partial charge in [-0.25, -0.2) is 0 Å². The molecule has 1 atom stereocenters. The van der Waals surface area contributed by atoms with Crippen molar-refractivity contribution in [3.8, 4) is 11.5 Å². The normalized spacial score (nSPS) is 15.6. The Labute approximate surface area is 152 Å². The van der Waals surface area contributed by atoms with Crippen molar-refractivity contribution in [2.45, 2.75) is 20.0 Å². The smallest absolute Gasteiger partial charge is 0.263 e. The maximum absolute atomic E-state index is 12.4. The third-order valence-corrected chi connectivity index (χ3v) is 4.11. The molecule has 26 heavy (non-hydrogen) atoms. The van der Waals surface area contributed by atoms with Crippen LogP contribution in [-0.2, 0) is 9.59 Å². The van der Waals surface area contributed by atoms with E-state index < -0.39 is 6.10 Å². The molecule has 0 aromatic heterocycles. The molecule has 1 N–H and O–H groups in total. The number of para-hydroxylation sites is 2. The zero-order chi connectivity index (χ0) is 18.5. The van der Waals surface area contributed by atoms with E-state index in [1.807, 2.05) is 43.3 Å². The third-order valence-electron chi connectivity index (χ3n) is 4.11. The molecule has 6 nitrogen and oxygen atoms in total. The average Bonchev–Trinajstić information content (AvgIpc) is 2.64. The van der Waals surface area contributed by atoms with E-state index in [1.165, 1.54) is 6.92 Å². The Balaban J connectivity index is 1.54. The Morgan fingerprint density at radius 3 is 2.81 bits per heavy atom. The van der Waals surface area contributed by atoms with Crippen LogP contribution in [0.2, 0.25) is 0 Å². The van der Waals surface area contributed by atoms with E-state index in [2.05, 4.69) is 5.32 Å². The van der Waals surface area contributed by atoms with Gasteiger partial charge in [0, 0.05) is 6.92 Å². The van der Waals surface area contributed by atoms with Crippen molar-refractivity contribution in [1.82, 2.24) is 5.32 Å².